The average Bonchev–Trinajstić information content (AvgIpc) is 2.89. The number of benzene rings is 1. The van der Waals surface area contributed by atoms with Crippen LogP contribution in [-0.2, 0) is 4.79 Å². The van der Waals surface area contributed by atoms with Crippen LogP contribution in [0, 0.1) is 5.82 Å². The molecule has 2 atom stereocenters. The fraction of sp³-hybridized carbons (Fsp3) is 0.562. The van der Waals surface area contributed by atoms with E-state index in [0.29, 0.717) is 0 Å². The molecule has 110 valence electrons. The second-order valence-electron chi connectivity index (χ2n) is 5.61. The standard InChI is InChI=1S/C16H23FN2O/c1-3-8-16(9-5-10-18-16)15(20)19-12(2)13-6-4-7-14(17)11-13/h4,6-7,11-12,18H,3,5,8-10H2,1-2H3,(H,19,20)/t12-,16?/m1/s1. The van der Waals surface area contributed by atoms with Gasteiger partial charge in [0.15, 0.2) is 0 Å². The van der Waals surface area contributed by atoms with Crippen LogP contribution in [0.4, 0.5) is 4.39 Å². The molecule has 1 aliphatic rings. The molecule has 2 N–H and O–H groups in total. The van der Waals surface area contributed by atoms with Crippen LogP contribution in [0.3, 0.4) is 0 Å². The van der Waals surface area contributed by atoms with Gasteiger partial charge < -0.3 is 10.6 Å². The highest BCUT2D eigenvalue weighted by molar-refractivity contribution is 5.87. The predicted octanol–water partition coefficient (Wildman–Crippen LogP) is 2.93. The topological polar surface area (TPSA) is 41.1 Å². The minimum atomic E-state index is -0.434. The van der Waals surface area contributed by atoms with Gasteiger partial charge in [-0.1, -0.05) is 25.5 Å². The van der Waals surface area contributed by atoms with Crippen LogP contribution >= 0.6 is 0 Å². The summed E-state index contributed by atoms with van der Waals surface area (Å²) in [7, 11) is 0. The molecule has 1 aromatic rings. The van der Waals surface area contributed by atoms with Crippen molar-refractivity contribution >= 4 is 5.91 Å². The number of halogens is 1. The summed E-state index contributed by atoms with van der Waals surface area (Å²) < 4.78 is 13.2. The average molecular weight is 278 g/mol. The smallest absolute Gasteiger partial charge is 0.240 e. The molecule has 1 saturated heterocycles. The van der Waals surface area contributed by atoms with E-state index in [4.69, 9.17) is 0 Å². The van der Waals surface area contributed by atoms with Crippen molar-refractivity contribution in [3.63, 3.8) is 0 Å². The van der Waals surface area contributed by atoms with Crippen molar-refractivity contribution in [1.82, 2.24) is 10.6 Å². The van der Waals surface area contributed by atoms with E-state index in [-0.39, 0.29) is 17.8 Å². The number of carbonyl (C=O) groups is 1. The second-order valence-corrected chi connectivity index (χ2v) is 5.61. The highest BCUT2D eigenvalue weighted by Gasteiger charge is 2.40. The monoisotopic (exact) mass is 278 g/mol. The Balaban J connectivity index is 2.06. The summed E-state index contributed by atoms with van der Waals surface area (Å²) in [6, 6.07) is 6.20. The quantitative estimate of drug-likeness (QED) is 0.869. The fourth-order valence-corrected chi connectivity index (χ4v) is 2.95. The molecule has 1 aromatic carbocycles. The zero-order valence-electron chi connectivity index (χ0n) is 12.2. The third-order valence-electron chi connectivity index (χ3n) is 4.05. The predicted molar refractivity (Wildman–Crippen MR) is 77.8 cm³/mol. The van der Waals surface area contributed by atoms with Gasteiger partial charge in [0.05, 0.1) is 11.6 Å². The van der Waals surface area contributed by atoms with E-state index >= 15 is 0 Å². The molecule has 1 heterocycles. The van der Waals surface area contributed by atoms with Crippen LogP contribution in [0.1, 0.15) is 51.1 Å². The van der Waals surface area contributed by atoms with Crippen molar-refractivity contribution in [2.45, 2.75) is 51.1 Å². The molecule has 4 heteroatoms. The van der Waals surface area contributed by atoms with E-state index in [1.54, 1.807) is 6.07 Å². The Morgan fingerprint density at radius 2 is 2.35 bits per heavy atom. The fourth-order valence-electron chi connectivity index (χ4n) is 2.95. The Hall–Kier alpha value is -1.42. The molecule has 20 heavy (non-hydrogen) atoms. The maximum absolute atomic E-state index is 13.2. The van der Waals surface area contributed by atoms with Crippen molar-refractivity contribution in [3.8, 4) is 0 Å². The summed E-state index contributed by atoms with van der Waals surface area (Å²) in [6.45, 7) is 4.87. The van der Waals surface area contributed by atoms with Crippen LogP contribution in [0.2, 0.25) is 0 Å². The zero-order chi connectivity index (χ0) is 14.6. The van der Waals surface area contributed by atoms with Gasteiger partial charge in [-0.3, -0.25) is 4.79 Å². The summed E-state index contributed by atoms with van der Waals surface area (Å²) in [5, 5.41) is 6.38. The lowest BCUT2D eigenvalue weighted by atomic mass is 9.90. The molecule has 0 aromatic heterocycles. The molecule has 2 rings (SSSR count). The van der Waals surface area contributed by atoms with E-state index < -0.39 is 5.54 Å². The van der Waals surface area contributed by atoms with Gasteiger partial charge >= 0.3 is 0 Å². The van der Waals surface area contributed by atoms with E-state index in [2.05, 4.69) is 17.6 Å². The lowest BCUT2D eigenvalue weighted by molar-refractivity contribution is -0.128. The molecule has 1 amide bonds. The Bertz CT molecular complexity index is 469. The van der Waals surface area contributed by atoms with Crippen LogP contribution < -0.4 is 10.6 Å². The molecule has 0 spiro atoms. The Morgan fingerprint density at radius 3 is 2.95 bits per heavy atom. The van der Waals surface area contributed by atoms with Crippen molar-refractivity contribution in [1.29, 1.82) is 0 Å². The van der Waals surface area contributed by atoms with Crippen LogP contribution in [0.5, 0.6) is 0 Å². The third-order valence-corrected chi connectivity index (χ3v) is 4.05. The van der Waals surface area contributed by atoms with Gasteiger partial charge in [0.25, 0.3) is 0 Å². The Kier molecular flexibility index (Phi) is 4.76. The van der Waals surface area contributed by atoms with Gasteiger partial charge in [0.2, 0.25) is 5.91 Å². The maximum Gasteiger partial charge on any atom is 0.240 e. The van der Waals surface area contributed by atoms with Crippen LogP contribution in [0.15, 0.2) is 24.3 Å². The molecular formula is C16H23FN2O. The normalized spacial score (nSPS) is 23.6. The highest BCUT2D eigenvalue weighted by atomic mass is 19.1. The van der Waals surface area contributed by atoms with Gasteiger partial charge in [-0.15, -0.1) is 0 Å². The van der Waals surface area contributed by atoms with Crippen molar-refractivity contribution in [2.75, 3.05) is 6.54 Å². The molecule has 1 unspecified atom stereocenters. The van der Waals surface area contributed by atoms with Crippen molar-refractivity contribution < 1.29 is 9.18 Å². The Labute approximate surface area is 120 Å². The van der Waals surface area contributed by atoms with Gasteiger partial charge in [-0.25, -0.2) is 4.39 Å². The maximum atomic E-state index is 13.2. The first-order valence-electron chi connectivity index (χ1n) is 7.39. The molecule has 1 fully saturated rings. The summed E-state index contributed by atoms with van der Waals surface area (Å²) >= 11 is 0. The van der Waals surface area contributed by atoms with Gasteiger partial charge in [-0.05, 0) is 50.4 Å². The van der Waals surface area contributed by atoms with E-state index in [9.17, 15) is 9.18 Å². The summed E-state index contributed by atoms with van der Waals surface area (Å²) in [4.78, 5) is 12.6. The molecule has 3 nitrogen and oxygen atoms in total. The number of hydrogen-bond acceptors (Lipinski definition) is 2. The van der Waals surface area contributed by atoms with E-state index in [1.807, 2.05) is 13.0 Å². The van der Waals surface area contributed by atoms with Crippen LogP contribution in [0.25, 0.3) is 0 Å². The largest absolute Gasteiger partial charge is 0.348 e. The Morgan fingerprint density at radius 1 is 1.55 bits per heavy atom. The van der Waals surface area contributed by atoms with Crippen molar-refractivity contribution in [3.05, 3.63) is 35.6 Å². The zero-order valence-corrected chi connectivity index (χ0v) is 12.2. The molecule has 0 saturated carbocycles. The van der Waals surface area contributed by atoms with Gasteiger partial charge in [0, 0.05) is 0 Å². The van der Waals surface area contributed by atoms with Gasteiger partial charge in [0.1, 0.15) is 5.82 Å². The lowest BCUT2D eigenvalue weighted by Crippen LogP contribution is -2.53. The molecule has 0 aliphatic carbocycles. The second kappa shape index (κ2) is 6.35. The SMILES string of the molecule is CCCC1(C(=O)N[C@H](C)c2cccc(F)c2)CCCN1. The minimum absolute atomic E-state index is 0.0358. The van der Waals surface area contributed by atoms with E-state index in [1.165, 1.54) is 12.1 Å². The van der Waals surface area contributed by atoms with Crippen molar-refractivity contribution in [2.24, 2.45) is 0 Å². The van der Waals surface area contributed by atoms with Gasteiger partial charge in [-0.2, -0.15) is 0 Å². The van der Waals surface area contributed by atoms with Crippen LogP contribution in [-0.4, -0.2) is 18.0 Å². The molecule has 0 radical (unpaired) electrons. The molecule has 1 aliphatic heterocycles. The summed E-state index contributed by atoms with van der Waals surface area (Å²) in [5.41, 5.74) is 0.360. The third kappa shape index (κ3) is 3.18. The number of nitrogens with one attached hydrogen (secondary N) is 2. The number of rotatable bonds is 5. The summed E-state index contributed by atoms with van der Waals surface area (Å²) in [6.07, 6.45) is 3.72. The minimum Gasteiger partial charge on any atom is -0.348 e. The molecular weight excluding hydrogens is 255 g/mol. The first-order chi connectivity index (χ1) is 9.57. The number of amides is 1. The first-order valence-corrected chi connectivity index (χ1v) is 7.39. The lowest BCUT2D eigenvalue weighted by Gasteiger charge is -2.29. The highest BCUT2D eigenvalue weighted by Crippen LogP contribution is 2.26. The number of hydrogen-bond donors (Lipinski definition) is 2. The molecule has 0 bridgehead atoms. The first kappa shape index (κ1) is 15.0. The van der Waals surface area contributed by atoms with E-state index in [0.717, 1.165) is 37.8 Å². The summed E-state index contributed by atoms with van der Waals surface area (Å²) in [5.74, 6) is -0.237. The number of carbonyl (C=O) groups excluding carboxylic acids is 1.